The third-order valence-corrected chi connectivity index (χ3v) is 14.5. The highest BCUT2D eigenvalue weighted by Crippen LogP contribution is 2.55. The van der Waals surface area contributed by atoms with Crippen molar-refractivity contribution in [2.75, 3.05) is 0 Å². The van der Waals surface area contributed by atoms with Crippen LogP contribution in [-0.4, -0.2) is 0 Å². The zero-order chi connectivity index (χ0) is 42.3. The Bertz CT molecular complexity index is 4440. The molecule has 0 saturated carbocycles. The van der Waals surface area contributed by atoms with Gasteiger partial charge in [0, 0.05) is 16.3 Å². The van der Waals surface area contributed by atoms with Gasteiger partial charge in [0.2, 0.25) is 0 Å². The molecule has 1 heterocycles. The van der Waals surface area contributed by atoms with Crippen molar-refractivity contribution in [3.8, 4) is 44.5 Å². The van der Waals surface area contributed by atoms with Crippen LogP contribution in [0.4, 0.5) is 0 Å². The Morgan fingerprint density at radius 3 is 1.51 bits per heavy atom. The lowest BCUT2D eigenvalue weighted by Gasteiger charge is -2.19. The van der Waals surface area contributed by atoms with Crippen molar-refractivity contribution >= 4 is 108 Å². The zero-order valence-electron chi connectivity index (χ0n) is 35.2. The van der Waals surface area contributed by atoms with Gasteiger partial charge in [-0.15, -0.1) is 0 Å². The number of rotatable bonds is 4. The SMILES string of the molecule is c1ccc(-c2c3cc4c5ccccc5c5cccc(c3c(-c3ccccc3)c3c6ccc(-c7ccc8cc(-c9cccc%10c9oc9ccccc9%10)ccc8c7)c7cccc(c23)c76)c54)cc1. The van der Waals surface area contributed by atoms with Gasteiger partial charge in [0.05, 0.1) is 0 Å². The fourth-order valence-corrected chi connectivity index (χ4v) is 11.8. The Morgan fingerprint density at radius 2 is 0.754 bits per heavy atom. The van der Waals surface area contributed by atoms with Gasteiger partial charge >= 0.3 is 0 Å². The van der Waals surface area contributed by atoms with Gasteiger partial charge in [-0.3, -0.25) is 0 Å². The molecule has 65 heavy (non-hydrogen) atoms. The maximum absolute atomic E-state index is 6.45. The molecule has 14 aromatic carbocycles. The number of fused-ring (bicyclic) bond motifs is 12. The first-order valence-corrected chi connectivity index (χ1v) is 22.6. The van der Waals surface area contributed by atoms with E-state index in [2.05, 4.69) is 212 Å². The summed E-state index contributed by atoms with van der Waals surface area (Å²) in [5.74, 6) is 0. The molecule has 0 saturated heterocycles. The predicted octanol–water partition coefficient (Wildman–Crippen LogP) is 18.4. The van der Waals surface area contributed by atoms with Crippen molar-refractivity contribution in [1.29, 1.82) is 0 Å². The first kappa shape index (κ1) is 35.0. The van der Waals surface area contributed by atoms with E-state index in [1.54, 1.807) is 0 Å². The minimum atomic E-state index is 0.919. The lowest BCUT2D eigenvalue weighted by atomic mass is 9.84. The fraction of sp³-hybridized carbons (Fsp3) is 0. The molecule has 0 unspecified atom stereocenters. The quantitative estimate of drug-likeness (QED) is 0.161. The van der Waals surface area contributed by atoms with Gasteiger partial charge in [0.1, 0.15) is 11.2 Å². The molecule has 1 nitrogen and oxygen atoms in total. The van der Waals surface area contributed by atoms with E-state index in [0.29, 0.717) is 0 Å². The van der Waals surface area contributed by atoms with Crippen molar-refractivity contribution in [2.24, 2.45) is 0 Å². The van der Waals surface area contributed by atoms with Gasteiger partial charge in [0.25, 0.3) is 0 Å². The van der Waals surface area contributed by atoms with Crippen LogP contribution in [0.15, 0.2) is 223 Å². The fourth-order valence-electron chi connectivity index (χ4n) is 11.8. The summed E-state index contributed by atoms with van der Waals surface area (Å²) in [6.45, 7) is 0. The highest BCUT2D eigenvalue weighted by molar-refractivity contribution is 6.45. The average Bonchev–Trinajstić information content (AvgIpc) is 4.03. The maximum atomic E-state index is 6.45. The molecule has 0 aliphatic heterocycles. The summed E-state index contributed by atoms with van der Waals surface area (Å²) in [4.78, 5) is 0. The van der Waals surface area contributed by atoms with E-state index in [1.165, 1.54) is 120 Å². The Balaban J connectivity index is 1.01. The third kappa shape index (κ3) is 4.77. The van der Waals surface area contributed by atoms with Gasteiger partial charge in [-0.2, -0.15) is 0 Å². The van der Waals surface area contributed by atoms with Gasteiger partial charge < -0.3 is 4.42 Å². The lowest BCUT2D eigenvalue weighted by Crippen LogP contribution is -1.91. The van der Waals surface area contributed by atoms with Crippen molar-refractivity contribution in [3.05, 3.63) is 218 Å². The second-order valence-corrected chi connectivity index (χ2v) is 17.8. The van der Waals surface area contributed by atoms with E-state index in [-0.39, 0.29) is 0 Å². The molecule has 15 rings (SSSR count). The largest absolute Gasteiger partial charge is 0.455 e. The number of hydrogen-bond donors (Lipinski definition) is 0. The topological polar surface area (TPSA) is 13.1 Å². The second kappa shape index (κ2) is 13.0. The van der Waals surface area contributed by atoms with Crippen LogP contribution in [0, 0.1) is 0 Å². The van der Waals surface area contributed by atoms with Gasteiger partial charge in [0.15, 0.2) is 0 Å². The minimum absolute atomic E-state index is 0.919. The lowest BCUT2D eigenvalue weighted by molar-refractivity contribution is 0.670. The van der Waals surface area contributed by atoms with Crippen molar-refractivity contribution in [3.63, 3.8) is 0 Å². The Labute approximate surface area is 373 Å². The third-order valence-electron chi connectivity index (χ3n) is 14.5. The Morgan fingerprint density at radius 1 is 0.231 bits per heavy atom. The standard InChI is InChI=1S/C64H36O/c1-3-14-37(15-4-1)57-55-36-54-46-19-8-7-18-45(46)49-23-13-25-51(60(49)54)61(55)58(38-16-5-2-6-17-38)63-53-33-32-43(48-22-12-26-52(59(48)53)62(57)63)41-30-28-40-35-42(31-29-39(40)34-41)44-21-11-24-50-47-20-9-10-27-56(47)65-64(44)50/h1-36H. The van der Waals surface area contributed by atoms with Crippen LogP contribution >= 0.6 is 0 Å². The molecule has 298 valence electrons. The van der Waals surface area contributed by atoms with Crippen LogP contribution in [0.5, 0.6) is 0 Å². The predicted molar refractivity (Wildman–Crippen MR) is 278 cm³/mol. The summed E-state index contributed by atoms with van der Waals surface area (Å²) in [7, 11) is 0. The highest BCUT2D eigenvalue weighted by Gasteiger charge is 2.27. The molecule has 0 amide bonds. The highest BCUT2D eigenvalue weighted by atomic mass is 16.3. The summed E-state index contributed by atoms with van der Waals surface area (Å²) in [5.41, 5.74) is 11.6. The smallest absolute Gasteiger partial charge is 0.143 e. The molecule has 0 fully saturated rings. The molecular weight excluding hydrogens is 785 g/mol. The average molecular weight is 821 g/mol. The first-order valence-electron chi connectivity index (χ1n) is 22.6. The van der Waals surface area contributed by atoms with Crippen LogP contribution < -0.4 is 0 Å². The molecule has 0 aliphatic rings. The maximum Gasteiger partial charge on any atom is 0.143 e. The number of para-hydroxylation sites is 2. The Hall–Kier alpha value is -8.52. The number of furan rings is 1. The summed E-state index contributed by atoms with van der Waals surface area (Å²) in [5, 5.41) is 23.1. The monoisotopic (exact) mass is 820 g/mol. The number of benzene rings is 12. The summed E-state index contributed by atoms with van der Waals surface area (Å²) >= 11 is 0. The van der Waals surface area contributed by atoms with Crippen LogP contribution in [0.25, 0.3) is 153 Å². The van der Waals surface area contributed by atoms with E-state index in [4.69, 9.17) is 4.42 Å². The molecule has 15 aromatic rings. The first-order chi connectivity index (χ1) is 32.3. The van der Waals surface area contributed by atoms with Gasteiger partial charge in [-0.25, -0.2) is 0 Å². The molecule has 0 N–H and O–H groups in total. The molecule has 0 spiro atoms. The van der Waals surface area contributed by atoms with Gasteiger partial charge in [-0.1, -0.05) is 194 Å². The summed E-state index contributed by atoms with van der Waals surface area (Å²) in [6.07, 6.45) is 0. The van der Waals surface area contributed by atoms with Crippen LogP contribution in [-0.2, 0) is 0 Å². The van der Waals surface area contributed by atoms with E-state index < -0.39 is 0 Å². The van der Waals surface area contributed by atoms with Gasteiger partial charge in [-0.05, 0) is 149 Å². The molecule has 0 radical (unpaired) electrons. The van der Waals surface area contributed by atoms with E-state index >= 15 is 0 Å². The molecule has 0 atom stereocenters. The summed E-state index contributed by atoms with van der Waals surface area (Å²) < 4.78 is 6.45. The van der Waals surface area contributed by atoms with Crippen LogP contribution in [0.3, 0.4) is 0 Å². The summed E-state index contributed by atoms with van der Waals surface area (Å²) in [6, 6.07) is 81.0. The van der Waals surface area contributed by atoms with Crippen molar-refractivity contribution < 1.29 is 4.42 Å². The number of hydrogen-bond acceptors (Lipinski definition) is 1. The van der Waals surface area contributed by atoms with Crippen molar-refractivity contribution in [2.45, 2.75) is 0 Å². The van der Waals surface area contributed by atoms with E-state index in [9.17, 15) is 0 Å². The zero-order valence-corrected chi connectivity index (χ0v) is 35.2. The van der Waals surface area contributed by atoms with Crippen molar-refractivity contribution in [1.82, 2.24) is 0 Å². The molecule has 0 bridgehead atoms. The van der Waals surface area contributed by atoms with E-state index in [1.807, 2.05) is 6.07 Å². The van der Waals surface area contributed by atoms with Crippen LogP contribution in [0.2, 0.25) is 0 Å². The second-order valence-electron chi connectivity index (χ2n) is 17.8. The Kier molecular flexibility index (Phi) is 7.01. The van der Waals surface area contributed by atoms with Crippen LogP contribution in [0.1, 0.15) is 0 Å². The molecular formula is C64H36O. The molecule has 0 aliphatic carbocycles. The normalized spacial score (nSPS) is 12.3. The molecule has 1 aromatic heterocycles. The van der Waals surface area contributed by atoms with E-state index in [0.717, 1.165) is 33.1 Å². The molecule has 1 heteroatoms. The minimum Gasteiger partial charge on any atom is -0.455 e.